The molecule has 3 aromatic rings. The van der Waals surface area contributed by atoms with E-state index in [2.05, 4.69) is 28.4 Å². The molecule has 0 spiro atoms. The number of benzene rings is 2. The maximum Gasteiger partial charge on any atom is 0.192 e. The normalized spacial score (nSPS) is 11.8. The van der Waals surface area contributed by atoms with Crippen LogP contribution in [-0.4, -0.2) is 33.7 Å². The van der Waals surface area contributed by atoms with E-state index >= 15 is 0 Å². The summed E-state index contributed by atoms with van der Waals surface area (Å²) in [4.78, 5) is 0. The summed E-state index contributed by atoms with van der Waals surface area (Å²) in [6, 6.07) is 20.3. The van der Waals surface area contributed by atoms with Crippen molar-refractivity contribution in [1.29, 1.82) is 5.26 Å². The zero-order valence-corrected chi connectivity index (χ0v) is 16.7. The molecule has 0 saturated heterocycles. The first-order chi connectivity index (χ1) is 13.7. The maximum absolute atomic E-state index is 9.08. The van der Waals surface area contributed by atoms with E-state index < -0.39 is 0 Å². The lowest BCUT2D eigenvalue weighted by Crippen LogP contribution is -2.12. The summed E-state index contributed by atoms with van der Waals surface area (Å²) in [5, 5.41) is 18.1. The van der Waals surface area contributed by atoms with Crippen LogP contribution in [0.1, 0.15) is 12.7 Å². The van der Waals surface area contributed by atoms with Crippen LogP contribution in [0.15, 0.2) is 59.8 Å². The third kappa shape index (κ3) is 4.91. The zero-order valence-electron chi connectivity index (χ0n) is 15.9. The number of thioether (sulfide) groups is 1. The number of rotatable bonds is 9. The van der Waals surface area contributed by atoms with E-state index in [0.717, 1.165) is 16.9 Å². The molecule has 0 amide bonds. The van der Waals surface area contributed by atoms with Crippen LogP contribution in [-0.2, 0) is 17.9 Å². The lowest BCUT2D eigenvalue weighted by molar-refractivity contribution is 0.181. The van der Waals surface area contributed by atoms with Gasteiger partial charge in [0.1, 0.15) is 12.4 Å². The fourth-order valence-corrected chi connectivity index (χ4v) is 3.48. The number of aromatic nitrogens is 3. The Morgan fingerprint density at radius 3 is 2.61 bits per heavy atom. The smallest absolute Gasteiger partial charge is 0.192 e. The van der Waals surface area contributed by atoms with Gasteiger partial charge in [-0.15, -0.1) is 10.2 Å². The highest BCUT2D eigenvalue weighted by molar-refractivity contribution is 8.00. The summed E-state index contributed by atoms with van der Waals surface area (Å²) in [5.41, 5.74) is 2.12. The average Bonchev–Trinajstić information content (AvgIpc) is 3.12. The quantitative estimate of drug-likeness (QED) is 0.507. The minimum absolute atomic E-state index is 0.210. The first-order valence-corrected chi connectivity index (χ1v) is 9.85. The molecule has 0 bridgehead atoms. The molecule has 2 aromatic carbocycles. The number of nitriles is 1. The molecule has 144 valence electrons. The molecular weight excluding hydrogens is 372 g/mol. The van der Waals surface area contributed by atoms with Gasteiger partial charge in [-0.1, -0.05) is 60.3 Å². The van der Waals surface area contributed by atoms with Gasteiger partial charge in [-0.3, -0.25) is 0 Å². The lowest BCUT2D eigenvalue weighted by Gasteiger charge is -2.13. The molecule has 0 aliphatic carbocycles. The number of para-hydroxylation sites is 1. The Balaban J connectivity index is 1.81. The summed E-state index contributed by atoms with van der Waals surface area (Å²) in [6.45, 7) is 3.25. The Hall–Kier alpha value is -2.82. The SMILES string of the molecule is COCCn1c(COc2ccccc2-c2ccccc2)nnc1S[C@@H](C)C#N. The fraction of sp³-hybridized carbons (Fsp3) is 0.286. The molecule has 1 heterocycles. The average molecular weight is 395 g/mol. The van der Waals surface area contributed by atoms with E-state index in [4.69, 9.17) is 14.7 Å². The summed E-state index contributed by atoms with van der Waals surface area (Å²) in [5.74, 6) is 1.49. The van der Waals surface area contributed by atoms with E-state index in [1.54, 1.807) is 7.11 Å². The molecule has 0 radical (unpaired) electrons. The molecule has 1 atom stereocenters. The largest absolute Gasteiger partial charge is 0.485 e. The van der Waals surface area contributed by atoms with E-state index in [-0.39, 0.29) is 11.9 Å². The van der Waals surface area contributed by atoms with Gasteiger partial charge in [-0.25, -0.2) is 0 Å². The molecule has 28 heavy (non-hydrogen) atoms. The summed E-state index contributed by atoms with van der Waals surface area (Å²) >= 11 is 1.38. The number of nitrogens with zero attached hydrogens (tertiary/aromatic N) is 4. The highest BCUT2D eigenvalue weighted by atomic mass is 32.2. The molecule has 7 heteroatoms. The maximum atomic E-state index is 9.08. The van der Waals surface area contributed by atoms with Crippen molar-refractivity contribution in [3.05, 3.63) is 60.4 Å². The second-order valence-electron chi connectivity index (χ2n) is 6.08. The first-order valence-electron chi connectivity index (χ1n) is 8.97. The second-order valence-corrected chi connectivity index (χ2v) is 7.39. The van der Waals surface area contributed by atoms with Crippen molar-refractivity contribution in [2.24, 2.45) is 0 Å². The van der Waals surface area contributed by atoms with Gasteiger partial charge < -0.3 is 14.0 Å². The van der Waals surface area contributed by atoms with Gasteiger partial charge >= 0.3 is 0 Å². The molecule has 0 aliphatic rings. The van der Waals surface area contributed by atoms with Gasteiger partial charge in [0, 0.05) is 19.2 Å². The fourth-order valence-electron chi connectivity index (χ4n) is 2.70. The number of ether oxygens (including phenoxy) is 2. The van der Waals surface area contributed by atoms with Crippen LogP contribution in [0.5, 0.6) is 5.75 Å². The molecule has 6 nitrogen and oxygen atoms in total. The van der Waals surface area contributed by atoms with Crippen molar-refractivity contribution in [3.63, 3.8) is 0 Å². The monoisotopic (exact) mass is 394 g/mol. The van der Waals surface area contributed by atoms with Gasteiger partial charge in [0.25, 0.3) is 0 Å². The number of methoxy groups -OCH3 is 1. The van der Waals surface area contributed by atoms with Crippen molar-refractivity contribution in [2.75, 3.05) is 13.7 Å². The van der Waals surface area contributed by atoms with E-state index in [0.29, 0.717) is 24.1 Å². The Bertz CT molecular complexity index is 937. The number of hydrogen-bond acceptors (Lipinski definition) is 6. The number of hydrogen-bond donors (Lipinski definition) is 0. The van der Waals surface area contributed by atoms with Crippen LogP contribution in [0.25, 0.3) is 11.1 Å². The molecule has 0 fully saturated rings. The molecule has 0 aliphatic heterocycles. The minimum Gasteiger partial charge on any atom is -0.485 e. The van der Waals surface area contributed by atoms with Crippen molar-refractivity contribution in [3.8, 4) is 22.9 Å². The topological polar surface area (TPSA) is 73.0 Å². The third-order valence-electron chi connectivity index (χ3n) is 4.11. The van der Waals surface area contributed by atoms with Crippen LogP contribution in [0, 0.1) is 11.3 Å². The highest BCUT2D eigenvalue weighted by Gasteiger charge is 2.16. The van der Waals surface area contributed by atoms with Crippen molar-refractivity contribution in [1.82, 2.24) is 14.8 Å². The van der Waals surface area contributed by atoms with Crippen LogP contribution < -0.4 is 4.74 Å². The van der Waals surface area contributed by atoms with Gasteiger partial charge in [-0.2, -0.15) is 5.26 Å². The molecule has 0 N–H and O–H groups in total. The van der Waals surface area contributed by atoms with Crippen molar-refractivity contribution in [2.45, 2.75) is 30.5 Å². The summed E-state index contributed by atoms with van der Waals surface area (Å²) < 4.78 is 13.3. The van der Waals surface area contributed by atoms with Gasteiger partial charge in [-0.05, 0) is 18.6 Å². The molecule has 3 rings (SSSR count). The first kappa shape index (κ1) is 19.9. The Morgan fingerprint density at radius 2 is 1.86 bits per heavy atom. The molecular formula is C21H22N4O2S. The standard InChI is InChI=1S/C21H22N4O2S/c1-16(14-22)28-21-24-23-20(25(21)12-13-26-2)15-27-19-11-7-6-10-18(19)17-8-4-3-5-9-17/h3-11,16H,12-13,15H2,1-2H3/t16-/m0/s1. The van der Waals surface area contributed by atoms with Crippen LogP contribution >= 0.6 is 11.8 Å². The van der Waals surface area contributed by atoms with Gasteiger partial charge in [0.2, 0.25) is 0 Å². The summed E-state index contributed by atoms with van der Waals surface area (Å²) in [6.07, 6.45) is 0. The Kier molecular flexibility index (Phi) is 7.06. The molecule has 0 saturated carbocycles. The van der Waals surface area contributed by atoms with E-state index in [9.17, 15) is 0 Å². The van der Waals surface area contributed by atoms with Crippen molar-refractivity contribution < 1.29 is 9.47 Å². The van der Waals surface area contributed by atoms with Gasteiger partial charge in [0.05, 0.1) is 17.9 Å². The third-order valence-corrected chi connectivity index (χ3v) is 5.08. The van der Waals surface area contributed by atoms with Crippen LogP contribution in [0.3, 0.4) is 0 Å². The molecule has 0 unspecified atom stereocenters. The van der Waals surface area contributed by atoms with E-state index in [1.807, 2.05) is 54.0 Å². The summed E-state index contributed by atoms with van der Waals surface area (Å²) in [7, 11) is 1.65. The zero-order chi connectivity index (χ0) is 19.8. The predicted octanol–water partition coefficient (Wildman–Crippen LogP) is 4.17. The predicted molar refractivity (Wildman–Crippen MR) is 109 cm³/mol. The minimum atomic E-state index is -0.210. The van der Waals surface area contributed by atoms with Gasteiger partial charge in [0.15, 0.2) is 11.0 Å². The molecule has 1 aromatic heterocycles. The van der Waals surface area contributed by atoms with E-state index in [1.165, 1.54) is 11.8 Å². The van der Waals surface area contributed by atoms with Crippen molar-refractivity contribution >= 4 is 11.8 Å². The highest BCUT2D eigenvalue weighted by Crippen LogP contribution is 2.30. The second kappa shape index (κ2) is 9.93. The lowest BCUT2D eigenvalue weighted by atomic mass is 10.1. The Labute approximate surface area is 169 Å². The Morgan fingerprint density at radius 1 is 1.11 bits per heavy atom. The van der Waals surface area contributed by atoms with Crippen LogP contribution in [0.2, 0.25) is 0 Å². The van der Waals surface area contributed by atoms with Crippen LogP contribution in [0.4, 0.5) is 0 Å².